The molecule has 0 fully saturated rings. The standard InChI is InChI=1S/C17H14N2O.HI/c20-18-17(13-19-10-4-1-5-11-19)16-9-8-14-6-2-3-7-15(14)12-16;/h1-12H,13H2;1H. The van der Waals surface area contributed by atoms with Crippen molar-refractivity contribution >= 4 is 16.5 Å². The Bertz CT molecular complexity index is 757. The Kier molecular flexibility index (Phi) is 5.27. The SMILES string of the molecule is ON=C(C[n+]1ccccc1)c1ccc2ccccc2c1.[I-]. The molecule has 1 aromatic heterocycles. The second-order valence-corrected chi connectivity index (χ2v) is 4.66. The predicted molar refractivity (Wildman–Crippen MR) is 78.9 cm³/mol. The van der Waals surface area contributed by atoms with Gasteiger partial charge in [0.1, 0.15) is 0 Å². The van der Waals surface area contributed by atoms with E-state index >= 15 is 0 Å². The second kappa shape index (κ2) is 7.17. The van der Waals surface area contributed by atoms with Gasteiger partial charge in [-0.15, -0.1) is 0 Å². The number of hydrogen-bond acceptors (Lipinski definition) is 2. The zero-order valence-electron chi connectivity index (χ0n) is 11.4. The van der Waals surface area contributed by atoms with Gasteiger partial charge in [-0.2, -0.15) is 4.57 Å². The van der Waals surface area contributed by atoms with E-state index in [1.54, 1.807) is 0 Å². The molecule has 3 nitrogen and oxygen atoms in total. The van der Waals surface area contributed by atoms with Gasteiger partial charge >= 0.3 is 0 Å². The number of aromatic nitrogens is 1. The number of oxime groups is 1. The van der Waals surface area contributed by atoms with E-state index in [1.165, 1.54) is 5.39 Å². The molecular formula is C17H15IN2O. The summed E-state index contributed by atoms with van der Waals surface area (Å²) in [5, 5.41) is 15.1. The van der Waals surface area contributed by atoms with E-state index in [2.05, 4.69) is 17.3 Å². The lowest BCUT2D eigenvalue weighted by Gasteiger charge is -2.04. The topological polar surface area (TPSA) is 36.5 Å². The van der Waals surface area contributed by atoms with E-state index in [0.29, 0.717) is 12.3 Å². The maximum absolute atomic E-state index is 9.29. The van der Waals surface area contributed by atoms with Crippen LogP contribution in [0.25, 0.3) is 10.8 Å². The molecule has 0 spiro atoms. The Labute approximate surface area is 140 Å². The number of rotatable bonds is 3. The molecule has 0 saturated carbocycles. The van der Waals surface area contributed by atoms with Gasteiger partial charge in [-0.05, 0) is 16.8 Å². The van der Waals surface area contributed by atoms with Gasteiger partial charge in [0.15, 0.2) is 24.7 Å². The summed E-state index contributed by atoms with van der Waals surface area (Å²) in [4.78, 5) is 0. The summed E-state index contributed by atoms with van der Waals surface area (Å²) in [6, 6.07) is 20.1. The van der Waals surface area contributed by atoms with E-state index in [0.717, 1.165) is 10.9 Å². The van der Waals surface area contributed by atoms with Crippen molar-refractivity contribution in [3.8, 4) is 0 Å². The minimum atomic E-state index is 0. The van der Waals surface area contributed by atoms with Gasteiger partial charge in [0, 0.05) is 17.7 Å². The third-order valence-electron chi connectivity index (χ3n) is 3.31. The second-order valence-electron chi connectivity index (χ2n) is 4.66. The Hall–Kier alpha value is -1.95. The molecule has 1 heterocycles. The molecule has 106 valence electrons. The smallest absolute Gasteiger partial charge is 0.194 e. The van der Waals surface area contributed by atoms with Crippen LogP contribution in [-0.4, -0.2) is 10.9 Å². The Morgan fingerprint density at radius 2 is 1.62 bits per heavy atom. The molecule has 0 radical (unpaired) electrons. The lowest BCUT2D eigenvalue weighted by Crippen LogP contribution is -3.00. The Morgan fingerprint density at radius 3 is 2.33 bits per heavy atom. The molecule has 0 bridgehead atoms. The molecule has 3 aromatic rings. The first-order chi connectivity index (χ1) is 9.86. The fraction of sp³-hybridized carbons (Fsp3) is 0.0588. The fourth-order valence-electron chi connectivity index (χ4n) is 2.26. The van der Waals surface area contributed by atoms with Crippen LogP contribution in [-0.2, 0) is 6.54 Å². The highest BCUT2D eigenvalue weighted by molar-refractivity contribution is 6.02. The lowest BCUT2D eigenvalue weighted by atomic mass is 10.0. The number of nitrogens with zero attached hydrogens (tertiary/aromatic N) is 2. The van der Waals surface area contributed by atoms with E-state index in [-0.39, 0.29) is 24.0 Å². The normalized spacial score (nSPS) is 11.1. The first-order valence-corrected chi connectivity index (χ1v) is 6.51. The highest BCUT2D eigenvalue weighted by Crippen LogP contribution is 2.16. The monoisotopic (exact) mass is 390 g/mol. The Balaban J connectivity index is 0.00000161. The van der Waals surface area contributed by atoms with Crippen molar-refractivity contribution in [2.45, 2.75) is 6.54 Å². The van der Waals surface area contributed by atoms with Gasteiger partial charge in [0.05, 0.1) is 0 Å². The fourth-order valence-corrected chi connectivity index (χ4v) is 2.26. The molecule has 0 atom stereocenters. The molecule has 0 aliphatic carbocycles. The van der Waals surface area contributed by atoms with Crippen molar-refractivity contribution in [2.24, 2.45) is 5.16 Å². The number of pyridine rings is 1. The molecule has 0 aliphatic rings. The van der Waals surface area contributed by atoms with Crippen LogP contribution in [0.2, 0.25) is 0 Å². The summed E-state index contributed by atoms with van der Waals surface area (Å²) in [6.45, 7) is 0.537. The molecule has 21 heavy (non-hydrogen) atoms. The van der Waals surface area contributed by atoms with Crippen LogP contribution < -0.4 is 28.5 Å². The third kappa shape index (κ3) is 3.58. The zero-order chi connectivity index (χ0) is 13.8. The van der Waals surface area contributed by atoms with Gasteiger partial charge in [0.2, 0.25) is 0 Å². The summed E-state index contributed by atoms with van der Waals surface area (Å²) >= 11 is 0. The van der Waals surface area contributed by atoms with Crippen LogP contribution in [0.1, 0.15) is 5.56 Å². The van der Waals surface area contributed by atoms with Crippen molar-refractivity contribution in [1.82, 2.24) is 0 Å². The zero-order valence-corrected chi connectivity index (χ0v) is 13.5. The number of hydrogen-bond donors (Lipinski definition) is 1. The molecule has 0 unspecified atom stereocenters. The molecule has 4 heteroatoms. The van der Waals surface area contributed by atoms with Crippen LogP contribution in [0.15, 0.2) is 78.2 Å². The van der Waals surface area contributed by atoms with Gasteiger partial charge in [-0.25, -0.2) is 0 Å². The molecule has 2 aromatic carbocycles. The quantitative estimate of drug-likeness (QED) is 0.221. The summed E-state index contributed by atoms with van der Waals surface area (Å²) < 4.78 is 1.98. The van der Waals surface area contributed by atoms with Crippen LogP contribution in [0.4, 0.5) is 0 Å². The van der Waals surface area contributed by atoms with Gasteiger partial charge in [-0.3, -0.25) is 0 Å². The molecule has 0 amide bonds. The molecule has 1 N–H and O–H groups in total. The highest BCUT2D eigenvalue weighted by Gasteiger charge is 2.10. The average Bonchev–Trinajstić information content (AvgIpc) is 2.53. The number of fused-ring (bicyclic) bond motifs is 1. The first-order valence-electron chi connectivity index (χ1n) is 6.51. The molecular weight excluding hydrogens is 375 g/mol. The van der Waals surface area contributed by atoms with Gasteiger partial charge in [0.25, 0.3) is 0 Å². The number of halogens is 1. The van der Waals surface area contributed by atoms with Crippen molar-refractivity contribution in [2.75, 3.05) is 0 Å². The minimum absolute atomic E-state index is 0. The molecule has 3 rings (SSSR count). The summed E-state index contributed by atoms with van der Waals surface area (Å²) in [7, 11) is 0. The lowest BCUT2D eigenvalue weighted by molar-refractivity contribution is -0.681. The van der Waals surface area contributed by atoms with Crippen LogP contribution >= 0.6 is 0 Å². The maximum Gasteiger partial charge on any atom is 0.194 e. The van der Waals surface area contributed by atoms with Crippen LogP contribution in [0, 0.1) is 0 Å². The Morgan fingerprint density at radius 1 is 0.905 bits per heavy atom. The minimum Gasteiger partial charge on any atom is -1.00 e. The van der Waals surface area contributed by atoms with E-state index in [9.17, 15) is 5.21 Å². The largest absolute Gasteiger partial charge is 1.00 e. The van der Waals surface area contributed by atoms with Gasteiger partial charge in [-0.1, -0.05) is 47.6 Å². The van der Waals surface area contributed by atoms with E-state index in [4.69, 9.17) is 0 Å². The highest BCUT2D eigenvalue weighted by atomic mass is 127. The molecule has 0 saturated heterocycles. The van der Waals surface area contributed by atoms with Crippen molar-refractivity contribution in [1.29, 1.82) is 0 Å². The third-order valence-corrected chi connectivity index (χ3v) is 3.31. The van der Waals surface area contributed by atoms with Crippen molar-refractivity contribution in [3.05, 3.63) is 78.6 Å². The van der Waals surface area contributed by atoms with Crippen molar-refractivity contribution in [3.63, 3.8) is 0 Å². The van der Waals surface area contributed by atoms with Crippen LogP contribution in [0.3, 0.4) is 0 Å². The average molecular weight is 390 g/mol. The predicted octanol–water partition coefficient (Wildman–Crippen LogP) is 0.00980. The molecule has 0 aliphatic heterocycles. The van der Waals surface area contributed by atoms with E-state index < -0.39 is 0 Å². The van der Waals surface area contributed by atoms with Gasteiger partial charge < -0.3 is 29.2 Å². The summed E-state index contributed by atoms with van der Waals surface area (Å²) in [5.41, 5.74) is 1.58. The van der Waals surface area contributed by atoms with E-state index in [1.807, 2.05) is 65.5 Å². The summed E-state index contributed by atoms with van der Waals surface area (Å²) in [6.07, 6.45) is 3.90. The summed E-state index contributed by atoms with van der Waals surface area (Å²) in [5.74, 6) is 0. The number of benzene rings is 2. The van der Waals surface area contributed by atoms with Crippen LogP contribution in [0.5, 0.6) is 0 Å². The van der Waals surface area contributed by atoms with Crippen molar-refractivity contribution < 1.29 is 33.8 Å². The first kappa shape index (κ1) is 15.4. The maximum atomic E-state index is 9.29.